The highest BCUT2D eigenvalue weighted by Gasteiger charge is 1.99. The van der Waals surface area contributed by atoms with Crippen molar-refractivity contribution in [2.75, 3.05) is 0 Å². The summed E-state index contributed by atoms with van der Waals surface area (Å²) in [6.07, 6.45) is 0.743. The first kappa shape index (κ1) is 6.25. The lowest BCUT2D eigenvalue weighted by Crippen LogP contribution is -1.97. The molecular weight excluding hydrogens is 112 g/mol. The molecule has 40 valence electrons. The first-order chi connectivity index (χ1) is 3.81. The molecule has 0 aliphatic heterocycles. The minimum atomic E-state index is -1.31. The number of ether oxygens (including phenoxy) is 2. The number of hydrogen-bond donors (Lipinski definition) is 0. The molecule has 0 aliphatic carbocycles. The molecule has 5 heteroatoms. The third-order valence-electron chi connectivity index (χ3n) is 0.258. The first-order valence-corrected chi connectivity index (χ1v) is 1.47. The van der Waals surface area contributed by atoms with Crippen molar-refractivity contribution in [1.82, 2.24) is 0 Å². The van der Waals surface area contributed by atoms with Crippen molar-refractivity contribution in [3.05, 3.63) is 0 Å². The highest BCUT2D eigenvalue weighted by atomic mass is 16.7. The number of nitrogens with zero attached hydrogens (tertiary/aromatic N) is 2. The van der Waals surface area contributed by atoms with Crippen LogP contribution in [0.1, 0.15) is 0 Å². The molecule has 0 aromatic carbocycles. The fourth-order valence-electron chi connectivity index (χ4n) is 0.0954. The molecule has 0 unspecified atom stereocenters. The lowest BCUT2D eigenvalue weighted by Gasteiger charge is -1.82. The number of hydrogen-bond acceptors (Lipinski definition) is 5. The molecule has 0 saturated heterocycles. The van der Waals surface area contributed by atoms with E-state index < -0.39 is 6.16 Å². The van der Waals surface area contributed by atoms with Gasteiger partial charge in [0.05, 0.1) is 0 Å². The Labute approximate surface area is 44.6 Å². The summed E-state index contributed by atoms with van der Waals surface area (Å²) in [7, 11) is 0. The number of nitriles is 2. The maximum absolute atomic E-state index is 9.75. The molecule has 0 saturated carbocycles. The second-order valence-corrected chi connectivity index (χ2v) is 0.637. The Balaban J connectivity index is 3.41. The molecule has 0 spiro atoms. The molecule has 0 fully saturated rings. The maximum Gasteiger partial charge on any atom is 0.540 e. The summed E-state index contributed by atoms with van der Waals surface area (Å²) < 4.78 is 7.01. The molecule has 0 aliphatic rings. The van der Waals surface area contributed by atoms with Gasteiger partial charge in [0.2, 0.25) is 0 Å². The van der Waals surface area contributed by atoms with E-state index in [1.54, 1.807) is 0 Å². The van der Waals surface area contributed by atoms with Gasteiger partial charge < -0.3 is 9.47 Å². The van der Waals surface area contributed by atoms with Crippen LogP contribution in [0.4, 0.5) is 4.79 Å². The number of rotatable bonds is 0. The highest BCUT2D eigenvalue weighted by molar-refractivity contribution is 5.61. The van der Waals surface area contributed by atoms with Crippen LogP contribution in [0.2, 0.25) is 0 Å². The fraction of sp³-hybridized carbons (Fsp3) is 0. The van der Waals surface area contributed by atoms with E-state index in [9.17, 15) is 4.79 Å². The Bertz CT molecular complexity index is 144. The van der Waals surface area contributed by atoms with Crippen LogP contribution >= 0.6 is 0 Å². The van der Waals surface area contributed by atoms with Gasteiger partial charge in [-0.15, -0.1) is 10.5 Å². The quantitative estimate of drug-likeness (QED) is 0.327. The summed E-state index contributed by atoms with van der Waals surface area (Å²) in [6.45, 7) is 0. The SMILES string of the molecule is N#COC(=O)OC#N. The van der Waals surface area contributed by atoms with Gasteiger partial charge in [0.15, 0.2) is 0 Å². The summed E-state index contributed by atoms with van der Waals surface area (Å²) >= 11 is 0. The normalized spacial score (nSPS) is 5.75. The van der Waals surface area contributed by atoms with E-state index in [-0.39, 0.29) is 0 Å². The van der Waals surface area contributed by atoms with Gasteiger partial charge in [-0.1, -0.05) is 0 Å². The van der Waals surface area contributed by atoms with Crippen LogP contribution in [0.25, 0.3) is 0 Å². The van der Waals surface area contributed by atoms with Crippen LogP contribution in [0, 0.1) is 23.0 Å². The van der Waals surface area contributed by atoms with Crippen molar-refractivity contribution >= 4 is 6.16 Å². The van der Waals surface area contributed by atoms with Crippen molar-refractivity contribution in [1.29, 1.82) is 10.5 Å². The summed E-state index contributed by atoms with van der Waals surface area (Å²) in [5, 5.41) is 15.2. The third kappa shape index (κ3) is 2.49. The van der Waals surface area contributed by atoms with Crippen molar-refractivity contribution in [3.8, 4) is 12.5 Å². The van der Waals surface area contributed by atoms with E-state index in [1.807, 2.05) is 0 Å². The average molecular weight is 112 g/mol. The van der Waals surface area contributed by atoms with Gasteiger partial charge >= 0.3 is 6.16 Å². The predicted octanol–water partition coefficient (Wildman–Crippen LogP) is 0.102. The molecule has 0 N–H and O–H groups in total. The van der Waals surface area contributed by atoms with Crippen LogP contribution in [0.5, 0.6) is 0 Å². The van der Waals surface area contributed by atoms with Crippen molar-refractivity contribution < 1.29 is 14.3 Å². The molecule has 0 rings (SSSR count). The van der Waals surface area contributed by atoms with Crippen LogP contribution in [-0.4, -0.2) is 6.16 Å². The molecule has 0 atom stereocenters. The molecule has 0 amide bonds. The van der Waals surface area contributed by atoms with Crippen molar-refractivity contribution in [3.63, 3.8) is 0 Å². The van der Waals surface area contributed by atoms with E-state index in [0.717, 1.165) is 12.5 Å². The van der Waals surface area contributed by atoms with E-state index in [1.165, 1.54) is 0 Å². The Morgan fingerprint density at radius 1 is 1.25 bits per heavy atom. The maximum atomic E-state index is 9.75. The third-order valence-corrected chi connectivity index (χ3v) is 0.258. The van der Waals surface area contributed by atoms with Crippen molar-refractivity contribution in [2.24, 2.45) is 0 Å². The van der Waals surface area contributed by atoms with E-state index >= 15 is 0 Å². The Morgan fingerprint density at radius 3 is 1.88 bits per heavy atom. The Hall–Kier alpha value is -1.75. The lowest BCUT2D eigenvalue weighted by atomic mass is 11.3. The van der Waals surface area contributed by atoms with E-state index in [0.29, 0.717) is 0 Å². The van der Waals surface area contributed by atoms with Gasteiger partial charge in [0.25, 0.3) is 12.5 Å². The van der Waals surface area contributed by atoms with Crippen LogP contribution in [-0.2, 0) is 9.47 Å². The highest BCUT2D eigenvalue weighted by Crippen LogP contribution is 1.77. The van der Waals surface area contributed by atoms with Gasteiger partial charge in [0, 0.05) is 0 Å². The molecule has 0 radical (unpaired) electrons. The Morgan fingerprint density at radius 2 is 1.62 bits per heavy atom. The van der Waals surface area contributed by atoms with Gasteiger partial charge in [0.1, 0.15) is 0 Å². The fourth-order valence-corrected chi connectivity index (χ4v) is 0.0954. The summed E-state index contributed by atoms with van der Waals surface area (Å²) in [4.78, 5) is 9.75. The molecule has 0 aromatic heterocycles. The number of carbonyl (C=O) groups is 1. The molecule has 5 nitrogen and oxygen atoms in total. The van der Waals surface area contributed by atoms with Gasteiger partial charge in [-0.25, -0.2) is 4.79 Å². The van der Waals surface area contributed by atoms with Gasteiger partial charge in [-0.3, -0.25) is 0 Å². The van der Waals surface area contributed by atoms with Crippen LogP contribution in [0.15, 0.2) is 0 Å². The standard InChI is InChI=1S/C3N2O3/c4-1-7-3(6)8-2-5. The topological polar surface area (TPSA) is 83.1 Å². The minimum Gasteiger partial charge on any atom is -0.317 e. The molecule has 8 heavy (non-hydrogen) atoms. The smallest absolute Gasteiger partial charge is 0.317 e. The zero-order valence-electron chi connectivity index (χ0n) is 3.62. The predicted molar refractivity (Wildman–Crippen MR) is 18.8 cm³/mol. The Kier molecular flexibility index (Phi) is 2.69. The zero-order chi connectivity index (χ0) is 6.41. The van der Waals surface area contributed by atoms with Crippen molar-refractivity contribution in [2.45, 2.75) is 0 Å². The molecule has 0 bridgehead atoms. The molecule has 0 aromatic rings. The minimum absolute atomic E-state index is 1.03. The van der Waals surface area contributed by atoms with E-state index in [2.05, 4.69) is 9.47 Å². The largest absolute Gasteiger partial charge is 0.540 e. The number of carbonyl (C=O) groups excluding carboxylic acids is 1. The summed E-state index contributed by atoms with van der Waals surface area (Å²) in [5.74, 6) is 0. The van der Waals surface area contributed by atoms with Gasteiger partial charge in [-0.05, 0) is 0 Å². The second kappa shape index (κ2) is 3.44. The van der Waals surface area contributed by atoms with Gasteiger partial charge in [-0.2, -0.15) is 0 Å². The monoisotopic (exact) mass is 112 g/mol. The summed E-state index contributed by atoms with van der Waals surface area (Å²) in [6, 6.07) is 0. The van der Waals surface area contributed by atoms with Crippen LogP contribution in [0.3, 0.4) is 0 Å². The zero-order valence-corrected chi connectivity index (χ0v) is 3.62. The second-order valence-electron chi connectivity index (χ2n) is 0.637. The lowest BCUT2D eigenvalue weighted by molar-refractivity contribution is 0.130. The molecule has 0 heterocycles. The first-order valence-electron chi connectivity index (χ1n) is 1.47. The average Bonchev–Trinajstić information content (AvgIpc) is 1.68. The van der Waals surface area contributed by atoms with E-state index in [4.69, 9.17) is 10.5 Å². The molecular formula is C3N2O3. The summed E-state index contributed by atoms with van der Waals surface area (Å²) in [5.41, 5.74) is 0. The van der Waals surface area contributed by atoms with Crippen LogP contribution < -0.4 is 0 Å².